The van der Waals surface area contributed by atoms with Crippen LogP contribution in [0.3, 0.4) is 0 Å². The van der Waals surface area contributed by atoms with E-state index < -0.39 is 5.60 Å². The molecule has 0 saturated carbocycles. The summed E-state index contributed by atoms with van der Waals surface area (Å²) in [5.74, 6) is 0. The number of pyridine rings is 1. The number of carbonyl (C=O) groups is 1. The molecule has 128 valence electrons. The standard InChI is InChI=1S/C17H21BrN4O2/c1-11-9-22-13(10-21(11)16(23)24-17(2,3)4)14(15(18)20-22)12-5-7-19-8-6-12/h5-8,11H,9-10H2,1-4H3/t11-/m1/s1. The summed E-state index contributed by atoms with van der Waals surface area (Å²) in [4.78, 5) is 18.4. The zero-order valence-electron chi connectivity index (χ0n) is 14.3. The van der Waals surface area contributed by atoms with E-state index in [4.69, 9.17) is 4.74 Å². The Kier molecular flexibility index (Phi) is 4.38. The highest BCUT2D eigenvalue weighted by Crippen LogP contribution is 2.34. The number of halogens is 1. The SMILES string of the molecule is C[C@@H]1Cn2nc(Br)c(-c3ccncc3)c2CN1C(=O)OC(C)(C)C. The lowest BCUT2D eigenvalue weighted by molar-refractivity contribution is 0.00913. The Labute approximate surface area is 149 Å². The van der Waals surface area contributed by atoms with E-state index in [2.05, 4.69) is 26.0 Å². The Bertz CT molecular complexity index is 752. The van der Waals surface area contributed by atoms with Gasteiger partial charge in [0.05, 0.1) is 24.8 Å². The van der Waals surface area contributed by atoms with E-state index in [1.54, 1.807) is 17.3 Å². The summed E-state index contributed by atoms with van der Waals surface area (Å²) in [6, 6.07) is 3.90. The summed E-state index contributed by atoms with van der Waals surface area (Å²) >= 11 is 3.55. The first-order chi connectivity index (χ1) is 11.3. The third-order valence-electron chi connectivity index (χ3n) is 3.90. The molecule has 0 fully saturated rings. The number of carbonyl (C=O) groups excluding carboxylic acids is 1. The van der Waals surface area contributed by atoms with Gasteiger partial charge in [-0.05, 0) is 61.3 Å². The van der Waals surface area contributed by atoms with Crippen molar-refractivity contribution in [1.82, 2.24) is 19.7 Å². The van der Waals surface area contributed by atoms with Crippen LogP contribution in [0.4, 0.5) is 4.79 Å². The fourth-order valence-corrected chi connectivity index (χ4v) is 3.46. The molecule has 2 aromatic heterocycles. The van der Waals surface area contributed by atoms with Crippen LogP contribution in [0.2, 0.25) is 0 Å². The molecule has 0 aliphatic carbocycles. The summed E-state index contributed by atoms with van der Waals surface area (Å²) in [7, 11) is 0. The number of amides is 1. The number of hydrogen-bond acceptors (Lipinski definition) is 4. The second-order valence-corrected chi connectivity index (χ2v) is 7.74. The minimum Gasteiger partial charge on any atom is -0.444 e. The van der Waals surface area contributed by atoms with Gasteiger partial charge in [0.1, 0.15) is 10.2 Å². The third kappa shape index (κ3) is 3.31. The molecule has 1 aliphatic rings. The summed E-state index contributed by atoms with van der Waals surface area (Å²) in [6.45, 7) is 8.74. The molecule has 7 heteroatoms. The van der Waals surface area contributed by atoms with Crippen molar-refractivity contribution in [3.8, 4) is 11.1 Å². The first kappa shape index (κ1) is 17.0. The molecule has 3 heterocycles. The minimum absolute atomic E-state index is 0.0180. The number of aromatic nitrogens is 3. The predicted molar refractivity (Wildman–Crippen MR) is 94.4 cm³/mol. The molecule has 0 aromatic carbocycles. The maximum Gasteiger partial charge on any atom is 0.410 e. The van der Waals surface area contributed by atoms with Crippen LogP contribution in [0.15, 0.2) is 29.1 Å². The van der Waals surface area contributed by atoms with Crippen molar-refractivity contribution in [3.63, 3.8) is 0 Å². The molecular weight excluding hydrogens is 372 g/mol. The Balaban J connectivity index is 1.95. The van der Waals surface area contributed by atoms with Crippen molar-refractivity contribution in [2.24, 2.45) is 0 Å². The van der Waals surface area contributed by atoms with Gasteiger partial charge in [0, 0.05) is 18.0 Å². The van der Waals surface area contributed by atoms with Gasteiger partial charge < -0.3 is 4.74 Å². The fraction of sp³-hybridized carbons (Fsp3) is 0.471. The first-order valence-corrected chi connectivity index (χ1v) is 8.71. The monoisotopic (exact) mass is 392 g/mol. The van der Waals surface area contributed by atoms with E-state index in [-0.39, 0.29) is 12.1 Å². The average Bonchev–Trinajstić information content (AvgIpc) is 2.80. The van der Waals surface area contributed by atoms with Gasteiger partial charge in [-0.2, -0.15) is 5.10 Å². The van der Waals surface area contributed by atoms with Crippen LogP contribution >= 0.6 is 15.9 Å². The van der Waals surface area contributed by atoms with Crippen molar-refractivity contribution < 1.29 is 9.53 Å². The molecule has 0 saturated heterocycles. The molecule has 0 unspecified atom stereocenters. The second-order valence-electron chi connectivity index (χ2n) is 6.99. The first-order valence-electron chi connectivity index (χ1n) is 7.91. The molecular formula is C17H21BrN4O2. The lowest BCUT2D eigenvalue weighted by atomic mass is 10.1. The van der Waals surface area contributed by atoms with Gasteiger partial charge >= 0.3 is 6.09 Å². The minimum atomic E-state index is -0.511. The predicted octanol–water partition coefficient (Wildman–Crippen LogP) is 3.85. The Morgan fingerprint density at radius 3 is 2.62 bits per heavy atom. The lowest BCUT2D eigenvalue weighted by Crippen LogP contribution is -2.47. The van der Waals surface area contributed by atoms with Gasteiger partial charge in [-0.1, -0.05) is 0 Å². The zero-order chi connectivity index (χ0) is 17.5. The highest BCUT2D eigenvalue weighted by molar-refractivity contribution is 9.10. The summed E-state index contributed by atoms with van der Waals surface area (Å²) < 4.78 is 8.29. The molecule has 0 radical (unpaired) electrons. The maximum atomic E-state index is 12.5. The molecule has 3 rings (SSSR count). The normalized spacial score (nSPS) is 17.5. The van der Waals surface area contributed by atoms with Gasteiger partial charge in [-0.25, -0.2) is 4.79 Å². The fourth-order valence-electron chi connectivity index (χ4n) is 2.81. The molecule has 1 aliphatic heterocycles. The van der Waals surface area contributed by atoms with Gasteiger partial charge in [0.2, 0.25) is 0 Å². The van der Waals surface area contributed by atoms with Crippen molar-refractivity contribution >= 4 is 22.0 Å². The van der Waals surface area contributed by atoms with E-state index in [1.807, 2.05) is 44.5 Å². The van der Waals surface area contributed by atoms with Crippen LogP contribution in [0, 0.1) is 0 Å². The summed E-state index contributed by atoms with van der Waals surface area (Å²) in [6.07, 6.45) is 3.21. The van der Waals surface area contributed by atoms with Gasteiger partial charge in [-0.15, -0.1) is 0 Å². The maximum absolute atomic E-state index is 12.5. The van der Waals surface area contributed by atoms with Crippen LogP contribution in [-0.4, -0.2) is 37.4 Å². The second kappa shape index (κ2) is 6.20. The average molecular weight is 393 g/mol. The quantitative estimate of drug-likeness (QED) is 0.739. The zero-order valence-corrected chi connectivity index (χ0v) is 15.9. The Hall–Kier alpha value is -1.89. The van der Waals surface area contributed by atoms with E-state index in [0.29, 0.717) is 13.1 Å². The smallest absolute Gasteiger partial charge is 0.410 e. The topological polar surface area (TPSA) is 60.2 Å². The number of hydrogen-bond donors (Lipinski definition) is 0. The molecule has 6 nitrogen and oxygen atoms in total. The van der Waals surface area contributed by atoms with E-state index >= 15 is 0 Å². The van der Waals surface area contributed by atoms with Crippen LogP contribution in [0.25, 0.3) is 11.1 Å². The van der Waals surface area contributed by atoms with E-state index in [9.17, 15) is 4.79 Å². The highest BCUT2D eigenvalue weighted by atomic mass is 79.9. The van der Waals surface area contributed by atoms with Gasteiger partial charge in [0.25, 0.3) is 0 Å². The van der Waals surface area contributed by atoms with Gasteiger partial charge in [-0.3, -0.25) is 14.6 Å². The van der Waals surface area contributed by atoms with Crippen LogP contribution < -0.4 is 0 Å². The molecule has 1 atom stereocenters. The van der Waals surface area contributed by atoms with Gasteiger partial charge in [0.15, 0.2) is 0 Å². The molecule has 1 amide bonds. The van der Waals surface area contributed by atoms with Crippen molar-refractivity contribution in [3.05, 3.63) is 34.8 Å². The highest BCUT2D eigenvalue weighted by Gasteiger charge is 2.33. The largest absolute Gasteiger partial charge is 0.444 e. The van der Waals surface area contributed by atoms with E-state index in [0.717, 1.165) is 21.4 Å². The Morgan fingerprint density at radius 1 is 1.33 bits per heavy atom. The molecule has 2 aromatic rings. The van der Waals surface area contributed by atoms with Crippen molar-refractivity contribution in [2.45, 2.75) is 52.4 Å². The van der Waals surface area contributed by atoms with E-state index in [1.165, 1.54) is 0 Å². The number of fused-ring (bicyclic) bond motifs is 1. The number of rotatable bonds is 1. The molecule has 0 bridgehead atoms. The third-order valence-corrected chi connectivity index (χ3v) is 4.46. The van der Waals surface area contributed by atoms with Crippen LogP contribution in [0.1, 0.15) is 33.4 Å². The molecule has 24 heavy (non-hydrogen) atoms. The molecule has 0 N–H and O–H groups in total. The van der Waals surface area contributed by atoms with Crippen LogP contribution in [-0.2, 0) is 17.8 Å². The lowest BCUT2D eigenvalue weighted by Gasteiger charge is -2.35. The summed E-state index contributed by atoms with van der Waals surface area (Å²) in [5.41, 5.74) is 2.51. The van der Waals surface area contributed by atoms with Crippen molar-refractivity contribution in [2.75, 3.05) is 0 Å². The van der Waals surface area contributed by atoms with Crippen molar-refractivity contribution in [1.29, 1.82) is 0 Å². The number of ether oxygens (including phenoxy) is 1. The van der Waals surface area contributed by atoms with Crippen LogP contribution in [0.5, 0.6) is 0 Å². The number of nitrogens with zero attached hydrogens (tertiary/aromatic N) is 4. The summed E-state index contributed by atoms with van der Waals surface area (Å²) in [5, 5.41) is 4.58. The Morgan fingerprint density at radius 2 is 2.00 bits per heavy atom. The molecule has 0 spiro atoms.